The number of hydrogen-bond acceptors (Lipinski definition) is 2. The summed E-state index contributed by atoms with van der Waals surface area (Å²) < 4.78 is 164. The lowest BCUT2D eigenvalue weighted by Gasteiger charge is -2.45. The van der Waals surface area contributed by atoms with Crippen molar-refractivity contribution in [3.05, 3.63) is 386 Å². The Morgan fingerprint density at radius 1 is 0.214 bits per heavy atom. The molecule has 0 aliphatic carbocycles. The molecule has 7 heterocycles. The third-order valence-electron chi connectivity index (χ3n) is 26.5. The Kier molecular flexibility index (Phi) is 13.1. The van der Waals surface area contributed by atoms with Gasteiger partial charge in [-0.15, -0.1) is 0 Å². The maximum absolute atomic E-state index is 10.1. The topological polar surface area (TPSA) is 31.1 Å². The zero-order valence-corrected chi connectivity index (χ0v) is 72.1. The molecule has 8 heteroatoms. The van der Waals surface area contributed by atoms with Gasteiger partial charge in [-0.1, -0.05) is 295 Å². The highest BCUT2D eigenvalue weighted by Gasteiger charge is 2.46. The van der Waals surface area contributed by atoms with Crippen molar-refractivity contribution in [2.45, 2.75) is 105 Å². The van der Waals surface area contributed by atoms with Crippen LogP contribution < -0.4 is 26.2 Å². The number of fused-ring (bicyclic) bond motifs is 19. The number of hydrogen-bond donors (Lipinski definition) is 0. The largest absolute Gasteiger partial charge is 0.311 e. The van der Waals surface area contributed by atoms with Gasteiger partial charge in [-0.2, -0.15) is 0 Å². The molecule has 126 heavy (non-hydrogen) atoms. The molecule has 0 radical (unpaired) electrons. The molecule has 0 N–H and O–H groups in total. The predicted molar refractivity (Wildman–Crippen MR) is 538 cm³/mol. The highest BCUT2D eigenvalue weighted by atomic mass is 15.2. The smallest absolute Gasteiger partial charge is 0.252 e. The number of para-hydroxylation sites is 7. The SMILES string of the molecule is [2H]c1c([2H])c([2H])c2c(c1[2H])c1c([2H])c([2H])c([2H])c([2H])c1n2-c1ccc2c(c1)N(c1cccc3c4cccc(-n5c6c([2H])c([2H])c([2H])c([2H])c6c6c([2H])c([2H])c([2H])c([2H])c65)c4n(-c4ccccc4)c13)c1cc(-n3c4ccc(C(C)(C)C)cc4c4cc(C(C)(C)C)ccc43)cc3c1B2c1ccc(-n2c4ccc(C(C)(C)C)cc4c4cc(C(C)(C)C)ccc42)cc1N3c1cc(-c2ccccc2)cc(-c2ccccc2)c1. The number of rotatable bonds is 9. The fourth-order valence-electron chi connectivity index (χ4n) is 20.3. The minimum absolute atomic E-state index is 0.0618. The van der Waals surface area contributed by atoms with Crippen LogP contribution in [0.25, 0.3) is 160 Å². The van der Waals surface area contributed by atoms with Crippen LogP contribution in [0.4, 0.5) is 34.1 Å². The molecule has 0 amide bonds. The van der Waals surface area contributed by atoms with Gasteiger partial charge in [-0.3, -0.25) is 0 Å². The van der Waals surface area contributed by atoms with Crippen LogP contribution in [0.2, 0.25) is 0 Å². The fourth-order valence-corrected chi connectivity index (χ4v) is 20.3. The average molecular weight is 1640 g/mol. The van der Waals surface area contributed by atoms with Crippen molar-refractivity contribution in [2.24, 2.45) is 0 Å². The van der Waals surface area contributed by atoms with E-state index in [2.05, 4.69) is 289 Å². The van der Waals surface area contributed by atoms with Crippen LogP contribution in [0.5, 0.6) is 0 Å². The molecule has 0 fully saturated rings. The van der Waals surface area contributed by atoms with E-state index in [0.717, 1.165) is 122 Å². The van der Waals surface area contributed by atoms with Gasteiger partial charge in [0.1, 0.15) is 0 Å². The molecule has 0 unspecified atom stereocenters. The van der Waals surface area contributed by atoms with E-state index < -0.39 is 103 Å². The predicted octanol–water partition coefficient (Wildman–Crippen LogP) is 29.8. The molecule has 0 spiro atoms. The second kappa shape index (κ2) is 27.5. The van der Waals surface area contributed by atoms with Crippen molar-refractivity contribution in [2.75, 3.05) is 9.80 Å². The average Bonchev–Trinajstić information content (AvgIpc) is 1.20. The maximum Gasteiger partial charge on any atom is 0.252 e. The Balaban J connectivity index is 0.912. The van der Waals surface area contributed by atoms with Gasteiger partial charge in [0.15, 0.2) is 0 Å². The van der Waals surface area contributed by atoms with E-state index in [0.29, 0.717) is 55.9 Å². The van der Waals surface area contributed by atoms with E-state index in [4.69, 9.17) is 0 Å². The Bertz CT molecular complexity index is 9020. The van der Waals surface area contributed by atoms with E-state index in [1.807, 2.05) is 84.9 Å². The molecule has 2 aliphatic rings. The highest BCUT2D eigenvalue weighted by Crippen LogP contribution is 2.53. The molecule has 0 saturated heterocycles. The number of aromatic nitrogens is 5. The molecule has 24 rings (SSSR count). The Labute approximate surface area is 758 Å². The van der Waals surface area contributed by atoms with Gasteiger partial charge in [-0.05, 0) is 234 Å². The summed E-state index contributed by atoms with van der Waals surface area (Å²) in [7, 11) is 0. The zero-order chi connectivity index (χ0) is 99.2. The fraction of sp³-hybridized carbons (Fsp3) is 0.136. The van der Waals surface area contributed by atoms with Gasteiger partial charge in [0.25, 0.3) is 6.71 Å². The molecule has 17 aromatic carbocycles. The van der Waals surface area contributed by atoms with E-state index in [-0.39, 0.29) is 65.3 Å². The number of nitrogens with zero attached hydrogens (tertiary/aromatic N) is 7. The van der Waals surface area contributed by atoms with Crippen LogP contribution in [0.15, 0.2) is 364 Å². The first-order chi connectivity index (χ1) is 67.7. The standard InChI is InChI=1S/C118H96BN7/c1-115(2,3)77-50-58-102-92(65-77)93-66-78(116(4,5)6)51-59-103(93)121(102)82-54-56-96-108(69-82)123(84-63-75(73-32-16-13-17-33-73)62-76(64-84)74-34-18-14-19-35-74)110-71-85(122-104-60-52-79(117(7,8)9)67-94(104)95-68-80(118(10,11)12)53-61-105(95)122)72-111-112(110)119(96)97-57-55-83(120-98-44-26-22-38-86(98)87-39-23-27-45-99(87)120)70-109(97)126(111)107-49-31-43-91-90-42-30-48-106(113(90)124(114(91)107)81-36-20-15-21-37-81)125-100-46-28-24-40-88(100)89-41-25-29-47-101(89)125/h13-72H,1-12H3/i22D,23D,24D,25D,26D,27D,28D,29D,38D,39D,40D,41D,44D,45D,46D,47D. The van der Waals surface area contributed by atoms with Gasteiger partial charge >= 0.3 is 0 Å². The van der Waals surface area contributed by atoms with Gasteiger partial charge < -0.3 is 32.6 Å². The van der Waals surface area contributed by atoms with E-state index >= 15 is 0 Å². The molecule has 0 atom stereocenters. The summed E-state index contributed by atoms with van der Waals surface area (Å²) in [6.45, 7) is 26.3. The Morgan fingerprint density at radius 3 is 0.984 bits per heavy atom. The molecular weight excluding hydrogens is 1530 g/mol. The maximum atomic E-state index is 10.1. The molecule has 0 saturated carbocycles. The monoisotopic (exact) mass is 1640 g/mol. The number of benzene rings is 17. The van der Waals surface area contributed by atoms with Crippen LogP contribution in [0.3, 0.4) is 0 Å². The van der Waals surface area contributed by atoms with Gasteiger partial charge in [0.2, 0.25) is 0 Å². The first kappa shape index (κ1) is 60.0. The molecule has 5 aromatic heterocycles. The first-order valence-electron chi connectivity index (χ1n) is 51.3. The normalized spacial score (nSPS) is 15.0. The third kappa shape index (κ3) is 11.4. The lowest BCUT2D eigenvalue weighted by atomic mass is 9.33. The highest BCUT2D eigenvalue weighted by molar-refractivity contribution is 7.00. The van der Waals surface area contributed by atoms with Crippen molar-refractivity contribution >= 4 is 166 Å². The molecule has 7 nitrogen and oxygen atoms in total. The van der Waals surface area contributed by atoms with Crippen LogP contribution in [-0.2, 0) is 21.7 Å². The van der Waals surface area contributed by atoms with Crippen molar-refractivity contribution in [3.8, 4) is 50.7 Å². The Morgan fingerprint density at radius 2 is 0.563 bits per heavy atom. The molecule has 606 valence electrons. The summed E-state index contributed by atoms with van der Waals surface area (Å²) >= 11 is 0. The van der Waals surface area contributed by atoms with E-state index in [1.165, 1.54) is 11.1 Å². The van der Waals surface area contributed by atoms with Crippen LogP contribution in [-0.4, -0.2) is 29.5 Å². The van der Waals surface area contributed by atoms with Crippen molar-refractivity contribution in [1.82, 2.24) is 22.8 Å². The van der Waals surface area contributed by atoms with Crippen molar-refractivity contribution in [3.63, 3.8) is 0 Å². The van der Waals surface area contributed by atoms with E-state index in [9.17, 15) is 21.9 Å². The summed E-state index contributed by atoms with van der Waals surface area (Å²) in [5.41, 5.74) is 22.1. The lowest BCUT2D eigenvalue weighted by molar-refractivity contribution is 0.590. The van der Waals surface area contributed by atoms with Crippen LogP contribution in [0.1, 0.15) is 127 Å². The minimum atomic E-state index is -0.720. The summed E-state index contributed by atoms with van der Waals surface area (Å²) in [6, 6.07) is 86.2. The number of anilines is 6. The second-order valence-electron chi connectivity index (χ2n) is 38.2. The summed E-state index contributed by atoms with van der Waals surface area (Å²) in [6.07, 6.45) is 0. The summed E-state index contributed by atoms with van der Waals surface area (Å²) in [5.74, 6) is 0. The summed E-state index contributed by atoms with van der Waals surface area (Å²) in [5, 5.41) is 5.31. The van der Waals surface area contributed by atoms with E-state index in [1.54, 1.807) is 9.13 Å². The second-order valence-corrected chi connectivity index (χ2v) is 38.2. The summed E-state index contributed by atoms with van der Waals surface area (Å²) in [4.78, 5) is 4.76. The van der Waals surface area contributed by atoms with Crippen molar-refractivity contribution < 1.29 is 21.9 Å². The van der Waals surface area contributed by atoms with Gasteiger partial charge in [0, 0.05) is 99.4 Å². The Hall–Kier alpha value is -14.6. The van der Waals surface area contributed by atoms with Crippen molar-refractivity contribution in [1.29, 1.82) is 0 Å². The first-order valence-corrected chi connectivity index (χ1v) is 43.3. The van der Waals surface area contributed by atoms with Gasteiger partial charge in [0.05, 0.1) is 94.2 Å². The van der Waals surface area contributed by atoms with Gasteiger partial charge in [-0.25, -0.2) is 0 Å². The van der Waals surface area contributed by atoms with Crippen LogP contribution >= 0.6 is 0 Å². The zero-order valence-electron chi connectivity index (χ0n) is 88.1. The molecule has 2 aliphatic heterocycles. The molecular formula is C118H96BN7. The quantitative estimate of drug-likeness (QED) is 0.135. The third-order valence-corrected chi connectivity index (χ3v) is 26.5. The lowest BCUT2D eigenvalue weighted by Crippen LogP contribution is -2.61. The molecule has 0 bridgehead atoms. The molecule has 22 aromatic rings. The van der Waals surface area contributed by atoms with Crippen LogP contribution in [0, 0.1) is 0 Å². The minimum Gasteiger partial charge on any atom is -0.311 e.